The lowest BCUT2D eigenvalue weighted by molar-refractivity contribution is -0.111. The fourth-order valence-electron chi connectivity index (χ4n) is 4.61. The Kier molecular flexibility index (Phi) is 7.69. The van der Waals surface area contributed by atoms with Gasteiger partial charge < -0.3 is 25.0 Å². The second kappa shape index (κ2) is 11.5. The van der Waals surface area contributed by atoms with E-state index in [1.807, 2.05) is 24.3 Å². The zero-order valence-corrected chi connectivity index (χ0v) is 21.9. The molecule has 0 aliphatic carbocycles. The summed E-state index contributed by atoms with van der Waals surface area (Å²) in [6, 6.07) is 15.6. The lowest BCUT2D eigenvalue weighted by Crippen LogP contribution is -2.35. The van der Waals surface area contributed by atoms with Gasteiger partial charge in [0.2, 0.25) is 11.9 Å². The largest absolute Gasteiger partial charge is 0.494 e. The van der Waals surface area contributed by atoms with Crippen LogP contribution >= 0.6 is 0 Å². The summed E-state index contributed by atoms with van der Waals surface area (Å²) in [6.45, 7) is 5.43. The predicted octanol–water partition coefficient (Wildman–Crippen LogP) is 5.79. The summed E-state index contributed by atoms with van der Waals surface area (Å²) in [5, 5.41) is 6.87. The van der Waals surface area contributed by atoms with Gasteiger partial charge in [-0.1, -0.05) is 36.9 Å². The van der Waals surface area contributed by atoms with E-state index in [1.54, 1.807) is 31.5 Å². The summed E-state index contributed by atoms with van der Waals surface area (Å²) in [5.41, 5.74) is 3.18. The van der Waals surface area contributed by atoms with Crippen LogP contribution in [0.1, 0.15) is 12.8 Å². The molecule has 0 unspecified atom stereocenters. The number of rotatable bonds is 8. The zero-order chi connectivity index (χ0) is 27.4. The first-order valence-corrected chi connectivity index (χ1v) is 12.7. The van der Waals surface area contributed by atoms with Gasteiger partial charge in [-0.05, 0) is 49.7 Å². The lowest BCUT2D eigenvalue weighted by Gasteiger charge is -2.30. The van der Waals surface area contributed by atoms with Gasteiger partial charge in [-0.15, -0.1) is 0 Å². The number of fused-ring (bicyclic) bond motifs is 1. The number of nitrogens with one attached hydrogen (secondary N) is 2. The maximum Gasteiger partial charge on any atom is 0.247 e. The van der Waals surface area contributed by atoms with E-state index < -0.39 is 0 Å². The van der Waals surface area contributed by atoms with Crippen molar-refractivity contribution in [2.24, 2.45) is 0 Å². The average molecular weight is 528 g/mol. The summed E-state index contributed by atoms with van der Waals surface area (Å²) in [7, 11) is 3.65. The Hall–Kier alpha value is -4.50. The van der Waals surface area contributed by atoms with Gasteiger partial charge >= 0.3 is 0 Å². The number of nitrogens with zero attached hydrogens (tertiary/aromatic N) is 3. The monoisotopic (exact) mass is 527 g/mol. The number of hydrogen-bond acceptors (Lipinski definition) is 7. The third-order valence-corrected chi connectivity index (χ3v) is 6.70. The maximum absolute atomic E-state index is 13.9. The van der Waals surface area contributed by atoms with E-state index in [2.05, 4.69) is 34.1 Å². The minimum Gasteiger partial charge on any atom is -0.494 e. The Labute approximate surface area is 226 Å². The van der Waals surface area contributed by atoms with Gasteiger partial charge in [0.05, 0.1) is 24.0 Å². The average Bonchev–Trinajstić information content (AvgIpc) is 2.95. The normalized spacial score (nSPS) is 14.1. The molecule has 0 atom stereocenters. The molecule has 2 heterocycles. The molecule has 8 nitrogen and oxygen atoms in total. The number of piperidine rings is 1. The molecule has 2 N–H and O–H groups in total. The Bertz CT molecular complexity index is 1520. The van der Waals surface area contributed by atoms with Crippen LogP contribution in [0.5, 0.6) is 11.5 Å². The summed E-state index contributed by atoms with van der Waals surface area (Å²) in [5.74, 6) is 0.639. The molecule has 1 aliphatic rings. The van der Waals surface area contributed by atoms with Crippen LogP contribution in [0, 0.1) is 5.82 Å². The molecule has 200 valence electrons. The summed E-state index contributed by atoms with van der Waals surface area (Å²) < 4.78 is 25.9. The molecule has 1 aliphatic heterocycles. The molecule has 1 fully saturated rings. The third kappa shape index (κ3) is 5.99. The van der Waals surface area contributed by atoms with Crippen LogP contribution < -0.4 is 20.1 Å². The molecule has 1 saturated heterocycles. The van der Waals surface area contributed by atoms with Gasteiger partial charge in [0.1, 0.15) is 23.4 Å². The predicted molar refractivity (Wildman–Crippen MR) is 151 cm³/mol. The molecule has 0 bridgehead atoms. The molecule has 1 amide bonds. The minimum atomic E-state index is -0.360. The number of ether oxygens (including phenoxy) is 2. The quantitative estimate of drug-likeness (QED) is 0.281. The first-order valence-electron chi connectivity index (χ1n) is 12.7. The molecule has 3 aromatic carbocycles. The maximum atomic E-state index is 13.9. The van der Waals surface area contributed by atoms with Gasteiger partial charge in [0.25, 0.3) is 0 Å². The Morgan fingerprint density at radius 3 is 2.64 bits per heavy atom. The van der Waals surface area contributed by atoms with Crippen molar-refractivity contribution in [1.82, 2.24) is 14.9 Å². The molecule has 4 aromatic rings. The van der Waals surface area contributed by atoms with Crippen molar-refractivity contribution < 1.29 is 18.7 Å². The van der Waals surface area contributed by atoms with Gasteiger partial charge in [-0.2, -0.15) is 0 Å². The number of benzene rings is 3. The number of halogens is 1. The van der Waals surface area contributed by atoms with Crippen molar-refractivity contribution in [3.63, 3.8) is 0 Å². The van der Waals surface area contributed by atoms with E-state index in [0.717, 1.165) is 36.9 Å². The Morgan fingerprint density at radius 2 is 1.90 bits per heavy atom. The highest BCUT2D eigenvalue weighted by molar-refractivity contribution is 6.00. The van der Waals surface area contributed by atoms with E-state index in [-0.39, 0.29) is 17.8 Å². The lowest BCUT2D eigenvalue weighted by atomic mass is 10.0. The number of carbonyl (C=O) groups is 1. The van der Waals surface area contributed by atoms with Gasteiger partial charge in [0.15, 0.2) is 0 Å². The van der Waals surface area contributed by atoms with Gasteiger partial charge in [0, 0.05) is 36.3 Å². The van der Waals surface area contributed by atoms with Crippen LogP contribution in [0.2, 0.25) is 0 Å². The van der Waals surface area contributed by atoms with Crippen molar-refractivity contribution in [1.29, 1.82) is 0 Å². The fraction of sp³-hybridized carbons (Fsp3) is 0.233. The number of amides is 1. The number of aromatic nitrogens is 2. The highest BCUT2D eigenvalue weighted by Crippen LogP contribution is 2.39. The molecule has 0 saturated carbocycles. The molecular formula is C30H30FN5O3. The fourth-order valence-corrected chi connectivity index (χ4v) is 4.61. The number of para-hydroxylation sites is 1. The first kappa shape index (κ1) is 26.1. The van der Waals surface area contributed by atoms with Gasteiger partial charge in [-0.25, -0.2) is 14.4 Å². The van der Waals surface area contributed by atoms with Crippen LogP contribution in [-0.2, 0) is 4.79 Å². The zero-order valence-electron chi connectivity index (χ0n) is 21.9. The van der Waals surface area contributed by atoms with Crippen LogP contribution in [-0.4, -0.2) is 54.1 Å². The molecule has 5 rings (SSSR count). The molecule has 9 heteroatoms. The van der Waals surface area contributed by atoms with Crippen LogP contribution in [0.15, 0.2) is 73.4 Å². The SMILES string of the molecule is C=CC(=O)Nc1cc(Nc2ncc3cccc(-c4cccc(F)c4)c3n2)c(OC)cc1OC1CCN(C)CC1. The Morgan fingerprint density at radius 1 is 1.10 bits per heavy atom. The Balaban J connectivity index is 1.50. The van der Waals surface area contributed by atoms with Crippen molar-refractivity contribution >= 4 is 34.1 Å². The standard InChI is InChI=1S/C30H30FN5O3/c1-4-28(37)33-25-16-24(26(38-3)17-27(25)39-22-11-13-36(2)14-12-22)34-30-32-18-20-8-6-10-23(29(20)35-30)19-7-5-9-21(31)15-19/h4-10,15-18,22H,1,11-14H2,2-3H3,(H,33,37)(H,32,34,35). The number of anilines is 3. The smallest absolute Gasteiger partial charge is 0.247 e. The molecule has 1 aromatic heterocycles. The molecular weight excluding hydrogens is 497 g/mol. The summed E-state index contributed by atoms with van der Waals surface area (Å²) in [4.78, 5) is 23.7. The van der Waals surface area contributed by atoms with E-state index in [0.29, 0.717) is 39.9 Å². The highest BCUT2D eigenvalue weighted by Gasteiger charge is 2.22. The van der Waals surface area contributed by atoms with Crippen LogP contribution in [0.4, 0.5) is 21.7 Å². The van der Waals surface area contributed by atoms with E-state index >= 15 is 0 Å². The molecule has 0 spiro atoms. The summed E-state index contributed by atoms with van der Waals surface area (Å²) >= 11 is 0. The minimum absolute atomic E-state index is 0.0224. The van der Waals surface area contributed by atoms with Crippen molar-refractivity contribution in [3.05, 3.63) is 79.3 Å². The number of methoxy groups -OCH3 is 1. The highest BCUT2D eigenvalue weighted by atomic mass is 19.1. The second-order valence-electron chi connectivity index (χ2n) is 9.43. The number of likely N-dealkylation sites (tertiary alicyclic amines) is 1. The van der Waals surface area contributed by atoms with E-state index in [9.17, 15) is 9.18 Å². The van der Waals surface area contributed by atoms with Crippen molar-refractivity contribution in [3.8, 4) is 22.6 Å². The van der Waals surface area contributed by atoms with Crippen molar-refractivity contribution in [2.75, 3.05) is 37.9 Å². The number of hydrogen-bond donors (Lipinski definition) is 2. The van der Waals surface area contributed by atoms with E-state index in [4.69, 9.17) is 14.5 Å². The van der Waals surface area contributed by atoms with Crippen molar-refractivity contribution in [2.45, 2.75) is 18.9 Å². The first-order chi connectivity index (χ1) is 18.9. The van der Waals surface area contributed by atoms with Crippen LogP contribution in [0.3, 0.4) is 0 Å². The van der Waals surface area contributed by atoms with Crippen LogP contribution in [0.25, 0.3) is 22.0 Å². The van der Waals surface area contributed by atoms with Gasteiger partial charge in [-0.3, -0.25) is 4.79 Å². The molecule has 0 radical (unpaired) electrons. The number of carbonyl (C=O) groups excluding carboxylic acids is 1. The topological polar surface area (TPSA) is 88.6 Å². The third-order valence-electron chi connectivity index (χ3n) is 6.70. The van der Waals surface area contributed by atoms with E-state index in [1.165, 1.54) is 18.2 Å². The second-order valence-corrected chi connectivity index (χ2v) is 9.43. The molecule has 39 heavy (non-hydrogen) atoms. The summed E-state index contributed by atoms with van der Waals surface area (Å²) in [6.07, 6.45) is 4.70.